The largest absolute Gasteiger partial charge is 0.248 e. The topological polar surface area (TPSA) is 30.7 Å². The van der Waals surface area contributed by atoms with E-state index in [1.807, 2.05) is 4.68 Å². The van der Waals surface area contributed by atoms with Crippen LogP contribution in [-0.4, -0.2) is 15.0 Å². The third kappa shape index (κ3) is 2.71. The van der Waals surface area contributed by atoms with E-state index in [0.717, 1.165) is 24.1 Å². The molecule has 3 nitrogen and oxygen atoms in total. The van der Waals surface area contributed by atoms with Crippen LogP contribution >= 0.6 is 11.6 Å². The number of alkyl halides is 1. The minimum atomic E-state index is 0.510. The molecule has 0 N–H and O–H groups in total. The summed E-state index contributed by atoms with van der Waals surface area (Å²) in [5, 5.41) is 7.98. The normalized spacial score (nSPS) is 26.8. The van der Waals surface area contributed by atoms with Crippen LogP contribution in [0.15, 0.2) is 6.20 Å². The van der Waals surface area contributed by atoms with Gasteiger partial charge in [0.2, 0.25) is 0 Å². The van der Waals surface area contributed by atoms with E-state index in [0.29, 0.717) is 5.88 Å². The zero-order valence-electron chi connectivity index (χ0n) is 9.19. The molecule has 4 heteroatoms. The van der Waals surface area contributed by atoms with Crippen molar-refractivity contribution in [3.05, 3.63) is 11.9 Å². The van der Waals surface area contributed by atoms with Gasteiger partial charge in [0.15, 0.2) is 0 Å². The number of nitrogens with zero attached hydrogens (tertiary/aromatic N) is 3. The molecular weight excluding hydrogens is 210 g/mol. The van der Waals surface area contributed by atoms with Gasteiger partial charge in [0.05, 0.1) is 17.8 Å². The molecule has 1 heterocycles. The zero-order chi connectivity index (χ0) is 10.7. The zero-order valence-corrected chi connectivity index (χ0v) is 9.95. The number of aromatic nitrogens is 3. The Morgan fingerprint density at radius 3 is 2.80 bits per heavy atom. The first-order chi connectivity index (χ1) is 7.29. The Morgan fingerprint density at radius 1 is 1.40 bits per heavy atom. The van der Waals surface area contributed by atoms with Crippen molar-refractivity contribution in [2.45, 2.75) is 45.0 Å². The molecule has 1 aromatic heterocycles. The van der Waals surface area contributed by atoms with Crippen LogP contribution in [0.25, 0.3) is 0 Å². The van der Waals surface area contributed by atoms with Gasteiger partial charge >= 0.3 is 0 Å². The molecule has 2 rings (SSSR count). The first kappa shape index (κ1) is 10.9. The Bertz CT molecular complexity index is 303. The van der Waals surface area contributed by atoms with Gasteiger partial charge in [0.25, 0.3) is 0 Å². The SMILES string of the molecule is CC1CCC(Cn2nncc2CCl)CC1. The summed E-state index contributed by atoms with van der Waals surface area (Å²) >= 11 is 5.81. The van der Waals surface area contributed by atoms with E-state index in [2.05, 4.69) is 17.2 Å². The molecule has 0 spiro atoms. The van der Waals surface area contributed by atoms with Crippen LogP contribution in [0.2, 0.25) is 0 Å². The van der Waals surface area contributed by atoms with Crippen molar-refractivity contribution in [3.8, 4) is 0 Å². The average molecular weight is 228 g/mol. The van der Waals surface area contributed by atoms with Crippen LogP contribution in [0, 0.1) is 11.8 Å². The van der Waals surface area contributed by atoms with Gasteiger partial charge in [-0.3, -0.25) is 0 Å². The smallest absolute Gasteiger partial charge is 0.0737 e. The Balaban J connectivity index is 1.91. The van der Waals surface area contributed by atoms with E-state index in [1.54, 1.807) is 6.20 Å². The minimum absolute atomic E-state index is 0.510. The van der Waals surface area contributed by atoms with E-state index < -0.39 is 0 Å². The van der Waals surface area contributed by atoms with Crippen LogP contribution in [0.5, 0.6) is 0 Å². The maximum absolute atomic E-state index is 5.81. The van der Waals surface area contributed by atoms with Gasteiger partial charge in [0.1, 0.15) is 0 Å². The van der Waals surface area contributed by atoms with E-state index in [4.69, 9.17) is 11.6 Å². The van der Waals surface area contributed by atoms with Crippen molar-refractivity contribution in [1.82, 2.24) is 15.0 Å². The highest BCUT2D eigenvalue weighted by Crippen LogP contribution is 2.29. The van der Waals surface area contributed by atoms with E-state index in [-0.39, 0.29) is 0 Å². The predicted molar refractivity (Wildman–Crippen MR) is 60.7 cm³/mol. The molecule has 0 amide bonds. The Morgan fingerprint density at radius 2 is 2.13 bits per heavy atom. The van der Waals surface area contributed by atoms with Crippen molar-refractivity contribution in [3.63, 3.8) is 0 Å². The second-order valence-electron chi connectivity index (χ2n) is 4.67. The van der Waals surface area contributed by atoms with Gasteiger partial charge in [-0.15, -0.1) is 16.7 Å². The summed E-state index contributed by atoms with van der Waals surface area (Å²) in [5.41, 5.74) is 1.04. The van der Waals surface area contributed by atoms with Crippen molar-refractivity contribution in [2.24, 2.45) is 11.8 Å². The summed E-state index contributed by atoms with van der Waals surface area (Å²) in [6, 6.07) is 0. The quantitative estimate of drug-likeness (QED) is 0.744. The second kappa shape index (κ2) is 4.97. The summed E-state index contributed by atoms with van der Waals surface area (Å²) in [4.78, 5) is 0. The molecule has 0 atom stereocenters. The van der Waals surface area contributed by atoms with Crippen LogP contribution in [-0.2, 0) is 12.4 Å². The first-order valence-corrected chi connectivity index (χ1v) is 6.26. The fraction of sp³-hybridized carbons (Fsp3) is 0.818. The molecule has 1 aromatic rings. The molecule has 15 heavy (non-hydrogen) atoms. The number of halogens is 1. The molecule has 0 bridgehead atoms. The van der Waals surface area contributed by atoms with Gasteiger partial charge < -0.3 is 0 Å². The van der Waals surface area contributed by atoms with Crippen molar-refractivity contribution < 1.29 is 0 Å². The lowest BCUT2D eigenvalue weighted by Crippen LogP contribution is -2.19. The fourth-order valence-corrected chi connectivity index (χ4v) is 2.50. The summed E-state index contributed by atoms with van der Waals surface area (Å²) in [7, 11) is 0. The number of hydrogen-bond donors (Lipinski definition) is 0. The third-order valence-electron chi connectivity index (χ3n) is 3.40. The van der Waals surface area contributed by atoms with Gasteiger partial charge in [-0.05, 0) is 24.7 Å². The third-order valence-corrected chi connectivity index (χ3v) is 3.68. The fourth-order valence-electron chi connectivity index (χ4n) is 2.29. The molecule has 1 saturated carbocycles. The predicted octanol–water partition coefficient (Wildman–Crippen LogP) is 2.84. The molecule has 1 aliphatic carbocycles. The van der Waals surface area contributed by atoms with Crippen molar-refractivity contribution in [2.75, 3.05) is 0 Å². The lowest BCUT2D eigenvalue weighted by atomic mass is 9.83. The monoisotopic (exact) mass is 227 g/mol. The Kier molecular flexibility index (Phi) is 3.62. The van der Waals surface area contributed by atoms with Crippen LogP contribution in [0.1, 0.15) is 38.3 Å². The van der Waals surface area contributed by atoms with Crippen molar-refractivity contribution >= 4 is 11.6 Å². The van der Waals surface area contributed by atoms with Crippen LogP contribution < -0.4 is 0 Å². The molecule has 84 valence electrons. The average Bonchev–Trinajstić information content (AvgIpc) is 2.69. The lowest BCUT2D eigenvalue weighted by Gasteiger charge is -2.26. The van der Waals surface area contributed by atoms with E-state index >= 15 is 0 Å². The molecule has 0 aliphatic heterocycles. The van der Waals surface area contributed by atoms with Gasteiger partial charge in [-0.2, -0.15) is 0 Å². The summed E-state index contributed by atoms with van der Waals surface area (Å²) in [6.07, 6.45) is 7.12. The standard InChI is InChI=1S/C11H18ClN3/c1-9-2-4-10(5-3-9)8-15-11(6-12)7-13-14-15/h7,9-10H,2-6,8H2,1H3. The van der Waals surface area contributed by atoms with E-state index in [1.165, 1.54) is 25.7 Å². The second-order valence-corrected chi connectivity index (χ2v) is 4.93. The van der Waals surface area contributed by atoms with E-state index in [9.17, 15) is 0 Å². The first-order valence-electron chi connectivity index (χ1n) is 5.73. The molecule has 0 saturated heterocycles. The van der Waals surface area contributed by atoms with Crippen molar-refractivity contribution in [1.29, 1.82) is 0 Å². The maximum Gasteiger partial charge on any atom is 0.0737 e. The van der Waals surface area contributed by atoms with Gasteiger partial charge in [0, 0.05) is 6.54 Å². The van der Waals surface area contributed by atoms with Gasteiger partial charge in [-0.1, -0.05) is 25.0 Å². The summed E-state index contributed by atoms with van der Waals surface area (Å²) in [6.45, 7) is 3.34. The Labute approximate surface area is 95.8 Å². The summed E-state index contributed by atoms with van der Waals surface area (Å²) in [5.74, 6) is 2.19. The maximum atomic E-state index is 5.81. The summed E-state index contributed by atoms with van der Waals surface area (Å²) < 4.78 is 1.97. The molecule has 0 radical (unpaired) electrons. The highest BCUT2D eigenvalue weighted by molar-refractivity contribution is 6.16. The number of rotatable bonds is 3. The van der Waals surface area contributed by atoms with Crippen LogP contribution in [0.4, 0.5) is 0 Å². The highest BCUT2D eigenvalue weighted by atomic mass is 35.5. The molecule has 1 fully saturated rings. The minimum Gasteiger partial charge on any atom is -0.248 e. The lowest BCUT2D eigenvalue weighted by molar-refractivity contribution is 0.255. The van der Waals surface area contributed by atoms with Gasteiger partial charge in [-0.25, -0.2) is 4.68 Å². The molecule has 0 unspecified atom stereocenters. The Hall–Kier alpha value is -0.570. The molecular formula is C11H18ClN3. The molecule has 1 aliphatic rings. The molecule has 0 aromatic carbocycles. The van der Waals surface area contributed by atoms with Crippen LogP contribution in [0.3, 0.4) is 0 Å². The number of hydrogen-bond acceptors (Lipinski definition) is 2. The highest BCUT2D eigenvalue weighted by Gasteiger charge is 2.19.